The van der Waals surface area contributed by atoms with Crippen molar-refractivity contribution >= 4 is 23.4 Å². The van der Waals surface area contributed by atoms with Crippen molar-refractivity contribution in [2.75, 3.05) is 39.2 Å². The van der Waals surface area contributed by atoms with Crippen LogP contribution in [0.3, 0.4) is 0 Å². The number of ether oxygens (including phenoxy) is 2. The second-order valence-electron chi connectivity index (χ2n) is 8.28. The van der Waals surface area contributed by atoms with Crippen molar-refractivity contribution in [1.82, 2.24) is 9.80 Å². The monoisotopic (exact) mass is 433 g/mol. The van der Waals surface area contributed by atoms with Crippen molar-refractivity contribution in [1.29, 1.82) is 0 Å². The topological polar surface area (TPSA) is 88.2 Å². The summed E-state index contributed by atoms with van der Waals surface area (Å²) in [4.78, 5) is 40.9. The number of hydrogen-bond donors (Lipinski definition) is 1. The summed E-state index contributed by atoms with van der Waals surface area (Å²) in [7, 11) is 3.33. The number of nitrogens with one attached hydrogen (secondary N) is 1. The molecule has 1 aromatic carbocycles. The Morgan fingerprint density at radius 1 is 1.26 bits per heavy atom. The van der Waals surface area contributed by atoms with Crippen LogP contribution in [0.15, 0.2) is 18.2 Å². The molecule has 0 unspecified atom stereocenters. The lowest BCUT2D eigenvalue weighted by atomic mass is 10.0. The summed E-state index contributed by atoms with van der Waals surface area (Å²) in [6.07, 6.45) is 0.912. The number of rotatable bonds is 4. The molecule has 1 aliphatic rings. The van der Waals surface area contributed by atoms with Crippen LogP contribution in [0.25, 0.3) is 0 Å². The van der Waals surface area contributed by atoms with Crippen LogP contribution in [0.5, 0.6) is 5.75 Å². The minimum atomic E-state index is -0.237. The zero-order valence-electron chi connectivity index (χ0n) is 19.4. The Kier molecular flexibility index (Phi) is 8.86. The lowest BCUT2D eigenvalue weighted by Gasteiger charge is -2.35. The smallest absolute Gasteiger partial charge is 0.257 e. The third-order valence-corrected chi connectivity index (χ3v) is 5.61. The lowest BCUT2D eigenvalue weighted by Crippen LogP contribution is -2.48. The van der Waals surface area contributed by atoms with Gasteiger partial charge in [0.15, 0.2) is 0 Å². The van der Waals surface area contributed by atoms with Gasteiger partial charge in [0.05, 0.1) is 17.7 Å². The number of likely N-dealkylation sites (N-methyl/N-ethyl adjacent to an activating group) is 1. The molecule has 0 spiro atoms. The molecule has 8 nitrogen and oxygen atoms in total. The summed E-state index contributed by atoms with van der Waals surface area (Å²) in [5.41, 5.74) is 0.908. The zero-order chi connectivity index (χ0) is 23.1. The highest BCUT2D eigenvalue weighted by Gasteiger charge is 2.29. The summed E-state index contributed by atoms with van der Waals surface area (Å²) in [6, 6.07) is 4.88. The molecule has 3 amide bonds. The molecule has 0 saturated carbocycles. The van der Waals surface area contributed by atoms with E-state index in [0.717, 1.165) is 6.42 Å². The molecule has 0 aliphatic carbocycles. The van der Waals surface area contributed by atoms with Crippen molar-refractivity contribution in [3.63, 3.8) is 0 Å². The fourth-order valence-electron chi connectivity index (χ4n) is 3.74. The molecule has 0 bridgehead atoms. The first-order valence-electron chi connectivity index (χ1n) is 10.8. The van der Waals surface area contributed by atoms with Gasteiger partial charge in [-0.15, -0.1) is 0 Å². The largest absolute Gasteiger partial charge is 0.491 e. The zero-order valence-corrected chi connectivity index (χ0v) is 19.4. The number of fused-ring (bicyclic) bond motifs is 1. The molecule has 1 aromatic rings. The summed E-state index contributed by atoms with van der Waals surface area (Å²) < 4.78 is 11.6. The third-order valence-electron chi connectivity index (χ3n) is 5.61. The van der Waals surface area contributed by atoms with Gasteiger partial charge in [0, 0.05) is 52.2 Å². The van der Waals surface area contributed by atoms with E-state index in [1.807, 2.05) is 20.8 Å². The van der Waals surface area contributed by atoms with E-state index in [9.17, 15) is 14.4 Å². The van der Waals surface area contributed by atoms with Crippen LogP contribution < -0.4 is 10.1 Å². The highest BCUT2D eigenvalue weighted by Crippen LogP contribution is 2.26. The van der Waals surface area contributed by atoms with Gasteiger partial charge in [-0.3, -0.25) is 14.4 Å². The van der Waals surface area contributed by atoms with Gasteiger partial charge in [-0.2, -0.15) is 0 Å². The van der Waals surface area contributed by atoms with E-state index >= 15 is 0 Å². The standard InChI is InChI=1S/C23H35N3O5/c1-7-8-22(28)24-18-9-10-20-19(11-18)23(29)25(5)13-21(30-6)15(2)12-26(17(4)27)16(3)14-31-20/h9-11,15-16,21H,7-8,12-14H2,1-6H3,(H,24,28)/t15-,16-,21-/m1/s1. The minimum Gasteiger partial charge on any atom is -0.491 e. The van der Waals surface area contributed by atoms with E-state index in [0.29, 0.717) is 36.5 Å². The lowest BCUT2D eigenvalue weighted by molar-refractivity contribution is -0.133. The van der Waals surface area contributed by atoms with Gasteiger partial charge in [0.1, 0.15) is 12.4 Å². The van der Waals surface area contributed by atoms with Crippen LogP contribution in [0, 0.1) is 5.92 Å². The molecular formula is C23H35N3O5. The van der Waals surface area contributed by atoms with Gasteiger partial charge >= 0.3 is 0 Å². The average molecular weight is 434 g/mol. The number of hydrogen-bond acceptors (Lipinski definition) is 5. The van der Waals surface area contributed by atoms with E-state index in [2.05, 4.69) is 5.32 Å². The number of carbonyl (C=O) groups excluding carboxylic acids is 3. The van der Waals surface area contributed by atoms with Gasteiger partial charge in [-0.05, 0) is 31.5 Å². The van der Waals surface area contributed by atoms with Crippen molar-refractivity contribution in [2.24, 2.45) is 5.92 Å². The third kappa shape index (κ3) is 6.43. The fraction of sp³-hybridized carbons (Fsp3) is 0.609. The van der Waals surface area contributed by atoms with E-state index in [4.69, 9.17) is 9.47 Å². The van der Waals surface area contributed by atoms with Crippen LogP contribution in [0.1, 0.15) is 50.9 Å². The van der Waals surface area contributed by atoms with Gasteiger partial charge < -0.3 is 24.6 Å². The molecule has 0 saturated heterocycles. The quantitative estimate of drug-likeness (QED) is 0.789. The first-order chi connectivity index (χ1) is 14.7. The normalized spacial score (nSPS) is 22.6. The van der Waals surface area contributed by atoms with Crippen LogP contribution in [0.4, 0.5) is 5.69 Å². The van der Waals surface area contributed by atoms with Crippen LogP contribution in [0.2, 0.25) is 0 Å². The Bertz CT molecular complexity index is 797. The van der Waals surface area contributed by atoms with Gasteiger partial charge in [0.2, 0.25) is 11.8 Å². The first kappa shape index (κ1) is 24.7. The maximum absolute atomic E-state index is 13.3. The van der Waals surface area contributed by atoms with Gasteiger partial charge in [0.25, 0.3) is 5.91 Å². The van der Waals surface area contributed by atoms with Crippen LogP contribution in [-0.2, 0) is 14.3 Å². The average Bonchev–Trinajstić information content (AvgIpc) is 2.72. The number of carbonyl (C=O) groups is 3. The van der Waals surface area contributed by atoms with Crippen molar-refractivity contribution < 1.29 is 23.9 Å². The minimum absolute atomic E-state index is 0.0187. The summed E-state index contributed by atoms with van der Waals surface area (Å²) >= 11 is 0. The Balaban J connectivity index is 2.42. The molecule has 1 N–H and O–H groups in total. The predicted molar refractivity (Wildman–Crippen MR) is 119 cm³/mol. The van der Waals surface area contributed by atoms with E-state index in [1.54, 1.807) is 49.1 Å². The number of amides is 3. The van der Waals surface area contributed by atoms with E-state index < -0.39 is 0 Å². The highest BCUT2D eigenvalue weighted by atomic mass is 16.5. The summed E-state index contributed by atoms with van der Waals surface area (Å²) in [6.45, 7) is 8.54. The summed E-state index contributed by atoms with van der Waals surface area (Å²) in [5.74, 6) is 0.0887. The molecule has 31 heavy (non-hydrogen) atoms. The number of anilines is 1. The Morgan fingerprint density at radius 2 is 1.97 bits per heavy atom. The van der Waals surface area contributed by atoms with Crippen LogP contribution in [-0.4, -0.2) is 73.5 Å². The summed E-state index contributed by atoms with van der Waals surface area (Å²) in [5, 5.41) is 2.83. The number of nitrogens with zero attached hydrogens (tertiary/aromatic N) is 2. The Hall–Kier alpha value is -2.61. The van der Waals surface area contributed by atoms with E-state index in [1.165, 1.54) is 0 Å². The molecular weight excluding hydrogens is 398 g/mol. The number of methoxy groups -OCH3 is 1. The van der Waals surface area contributed by atoms with Crippen molar-refractivity contribution in [3.05, 3.63) is 23.8 Å². The number of benzene rings is 1. The highest BCUT2D eigenvalue weighted by molar-refractivity contribution is 5.99. The predicted octanol–water partition coefficient (Wildman–Crippen LogP) is 2.78. The molecule has 0 fully saturated rings. The maximum atomic E-state index is 13.3. The van der Waals surface area contributed by atoms with Crippen molar-refractivity contribution in [3.8, 4) is 5.75 Å². The van der Waals surface area contributed by atoms with Crippen LogP contribution >= 0.6 is 0 Å². The molecule has 3 atom stereocenters. The van der Waals surface area contributed by atoms with Crippen molar-refractivity contribution in [2.45, 2.75) is 52.7 Å². The first-order valence-corrected chi connectivity index (χ1v) is 10.8. The SMILES string of the molecule is CCCC(=O)Nc1ccc2c(c1)C(=O)N(C)C[C@@H](OC)[C@H](C)CN(C(C)=O)[C@H](C)CO2. The molecule has 0 radical (unpaired) electrons. The van der Waals surface area contributed by atoms with E-state index in [-0.39, 0.29) is 42.4 Å². The Labute approximate surface area is 184 Å². The molecule has 1 heterocycles. The second-order valence-corrected chi connectivity index (χ2v) is 8.28. The van der Waals surface area contributed by atoms with Gasteiger partial charge in [-0.1, -0.05) is 13.8 Å². The molecule has 2 rings (SSSR count). The molecule has 1 aliphatic heterocycles. The maximum Gasteiger partial charge on any atom is 0.257 e. The second kappa shape index (κ2) is 11.1. The van der Waals surface area contributed by atoms with Gasteiger partial charge in [-0.25, -0.2) is 0 Å². The molecule has 172 valence electrons. The molecule has 8 heteroatoms. The molecule has 0 aromatic heterocycles. The Morgan fingerprint density at radius 3 is 2.58 bits per heavy atom. The fourth-order valence-corrected chi connectivity index (χ4v) is 3.74.